The molecule has 0 saturated heterocycles. The molecule has 5 nitrogen and oxygen atoms in total. The Bertz CT molecular complexity index is 30.5. The van der Waals surface area contributed by atoms with Crippen LogP contribution in [0.15, 0.2) is 0 Å². The van der Waals surface area contributed by atoms with Crippen LogP contribution >= 0.6 is 11.9 Å². The SMILES string of the molecule is O=[N+]([O-])O.OCl. The predicted octanol–water partition coefficient (Wildman–Crippen LogP) is -0.215. The van der Waals surface area contributed by atoms with Gasteiger partial charge in [0.25, 0.3) is 5.09 Å². The molecule has 0 unspecified atom stereocenters. The first-order chi connectivity index (χ1) is 2.73. The number of nitrogens with zero attached hydrogens (tertiary/aromatic N) is 1. The topological polar surface area (TPSA) is 83.6 Å². The van der Waals surface area contributed by atoms with Crippen molar-refractivity contribution in [2.45, 2.75) is 0 Å². The third kappa shape index (κ3) is 68.5. The van der Waals surface area contributed by atoms with Crippen LogP contribution in [0.4, 0.5) is 0 Å². The van der Waals surface area contributed by atoms with Crippen molar-refractivity contribution < 1.29 is 15.0 Å². The Morgan fingerprint density at radius 3 is 1.67 bits per heavy atom. The zero-order chi connectivity index (χ0) is 5.58. The van der Waals surface area contributed by atoms with Crippen LogP contribution in [0.3, 0.4) is 0 Å². The van der Waals surface area contributed by atoms with E-state index in [2.05, 4.69) is 11.9 Å². The fourth-order valence-corrected chi connectivity index (χ4v) is 0. The Labute approximate surface area is 38.1 Å². The van der Waals surface area contributed by atoms with Crippen LogP contribution in [0.1, 0.15) is 0 Å². The van der Waals surface area contributed by atoms with Crippen LogP contribution in [0.25, 0.3) is 0 Å². The summed E-state index contributed by atoms with van der Waals surface area (Å²) < 4.78 is 6.47. The average molecular weight is 115 g/mol. The van der Waals surface area contributed by atoms with Crippen molar-refractivity contribution in [1.82, 2.24) is 0 Å². The van der Waals surface area contributed by atoms with E-state index in [1.807, 2.05) is 0 Å². The highest BCUT2D eigenvalue weighted by Gasteiger charge is 1.65. The van der Waals surface area contributed by atoms with Crippen LogP contribution in [-0.4, -0.2) is 15.0 Å². The van der Waals surface area contributed by atoms with E-state index in [0.717, 1.165) is 0 Å². The van der Waals surface area contributed by atoms with Crippen molar-refractivity contribution in [2.75, 3.05) is 0 Å². The molecule has 0 aliphatic carbocycles. The zero-order valence-electron chi connectivity index (χ0n) is 2.54. The minimum Gasteiger partial charge on any atom is -0.328 e. The molecule has 0 aromatic carbocycles. The van der Waals surface area contributed by atoms with E-state index in [1.165, 1.54) is 0 Å². The molecule has 0 amide bonds. The molecule has 38 valence electrons. The maximum atomic E-state index is 8.36. The molecular weight excluding hydrogens is 113 g/mol. The van der Waals surface area contributed by atoms with Crippen molar-refractivity contribution in [2.24, 2.45) is 0 Å². The smallest absolute Gasteiger partial charge is 0.291 e. The van der Waals surface area contributed by atoms with E-state index >= 15 is 0 Å². The maximum absolute atomic E-state index is 8.36. The highest BCUT2D eigenvalue weighted by Crippen LogP contribution is 1.38. The van der Waals surface area contributed by atoms with E-state index < -0.39 is 5.09 Å². The second kappa shape index (κ2) is 8.82. The molecule has 0 fully saturated rings. The van der Waals surface area contributed by atoms with Crippen molar-refractivity contribution in [3.63, 3.8) is 0 Å². The second-order valence-corrected chi connectivity index (χ2v) is 0.238. The van der Waals surface area contributed by atoms with Crippen LogP contribution < -0.4 is 0 Å². The van der Waals surface area contributed by atoms with E-state index in [-0.39, 0.29) is 0 Å². The van der Waals surface area contributed by atoms with Crippen molar-refractivity contribution in [3.8, 4) is 0 Å². The lowest BCUT2D eigenvalue weighted by molar-refractivity contribution is -0.742. The molecule has 0 radical (unpaired) electrons. The fourth-order valence-electron chi connectivity index (χ4n) is 0. The Balaban J connectivity index is 0. The molecular formula is H2ClNO4. The van der Waals surface area contributed by atoms with Gasteiger partial charge in [0.2, 0.25) is 0 Å². The summed E-state index contributed by atoms with van der Waals surface area (Å²) in [5, 5.41) is 13.6. The van der Waals surface area contributed by atoms with Gasteiger partial charge in [0, 0.05) is 0 Å². The molecule has 0 aromatic rings. The van der Waals surface area contributed by atoms with Gasteiger partial charge in [0.05, 0.1) is 11.9 Å². The molecule has 2 N–H and O–H groups in total. The molecule has 0 rings (SSSR count). The Kier molecular flexibility index (Phi) is 13.3. The van der Waals surface area contributed by atoms with Gasteiger partial charge in [-0.05, 0) is 0 Å². The maximum Gasteiger partial charge on any atom is 0.291 e. The number of rotatable bonds is 0. The molecule has 6 heteroatoms. The third-order valence-electron chi connectivity index (χ3n) is 0. The van der Waals surface area contributed by atoms with Gasteiger partial charge in [0.1, 0.15) is 0 Å². The van der Waals surface area contributed by atoms with Crippen LogP contribution in [0.5, 0.6) is 0 Å². The summed E-state index contributed by atoms with van der Waals surface area (Å²) in [5.41, 5.74) is 0. The van der Waals surface area contributed by atoms with Crippen LogP contribution in [0.2, 0.25) is 0 Å². The predicted molar refractivity (Wildman–Crippen MR) is 16.9 cm³/mol. The van der Waals surface area contributed by atoms with E-state index in [9.17, 15) is 0 Å². The minimum atomic E-state index is -1.50. The Morgan fingerprint density at radius 1 is 1.67 bits per heavy atom. The summed E-state index contributed by atoms with van der Waals surface area (Å²) in [6, 6.07) is 0. The quantitative estimate of drug-likeness (QED) is 0.338. The van der Waals surface area contributed by atoms with Gasteiger partial charge in [-0.2, -0.15) is 0 Å². The standard InChI is InChI=1S/ClHO.HNO3/c1-2;2-1(3)4/h2H;(H,2,3,4). The molecule has 6 heavy (non-hydrogen) atoms. The monoisotopic (exact) mass is 115 g/mol. The zero-order valence-corrected chi connectivity index (χ0v) is 3.29. The van der Waals surface area contributed by atoms with Gasteiger partial charge < -0.3 is 5.21 Å². The van der Waals surface area contributed by atoms with Gasteiger partial charge in [0.15, 0.2) is 0 Å². The summed E-state index contributed by atoms with van der Waals surface area (Å²) in [4.78, 5) is 8.36. The van der Waals surface area contributed by atoms with Crippen LogP contribution in [0, 0.1) is 10.1 Å². The largest absolute Gasteiger partial charge is 0.328 e. The molecule has 0 atom stereocenters. The molecule has 0 aromatic heterocycles. The highest BCUT2D eigenvalue weighted by atomic mass is 35.5. The second-order valence-electron chi connectivity index (χ2n) is 0.238. The lowest BCUT2D eigenvalue weighted by atomic mass is 13.1. The van der Waals surface area contributed by atoms with Crippen molar-refractivity contribution in [1.29, 1.82) is 0 Å². The van der Waals surface area contributed by atoms with E-state index in [4.69, 9.17) is 20.0 Å². The minimum absolute atomic E-state index is 1.50. The number of hydrogen-bond acceptors (Lipinski definition) is 3. The molecule has 0 spiro atoms. The fraction of sp³-hybridized carbons (Fsp3) is 0. The first-order valence-electron chi connectivity index (χ1n) is 0.734. The van der Waals surface area contributed by atoms with Gasteiger partial charge in [-0.1, -0.05) is 0 Å². The molecule has 0 aliphatic rings. The first kappa shape index (κ1) is 9.07. The van der Waals surface area contributed by atoms with Gasteiger partial charge in [-0.15, -0.1) is 10.1 Å². The molecule has 0 heterocycles. The third-order valence-corrected chi connectivity index (χ3v) is 0. The first-order valence-corrected chi connectivity index (χ1v) is 1.07. The summed E-state index contributed by atoms with van der Waals surface area (Å²) >= 11 is 3.64. The van der Waals surface area contributed by atoms with E-state index in [0.29, 0.717) is 0 Å². The van der Waals surface area contributed by atoms with Gasteiger partial charge in [-0.3, -0.25) is 4.66 Å². The summed E-state index contributed by atoms with van der Waals surface area (Å²) in [5.74, 6) is 0. The number of hydrogen-bond donors (Lipinski definition) is 2. The average Bonchev–Trinajstić information content (AvgIpc) is 1.41. The van der Waals surface area contributed by atoms with Crippen molar-refractivity contribution >= 4 is 11.9 Å². The highest BCUT2D eigenvalue weighted by molar-refractivity contribution is 6.04. The molecule has 0 bridgehead atoms. The van der Waals surface area contributed by atoms with E-state index in [1.54, 1.807) is 0 Å². The van der Waals surface area contributed by atoms with Crippen molar-refractivity contribution in [3.05, 3.63) is 10.1 Å². The molecule has 0 saturated carbocycles. The summed E-state index contributed by atoms with van der Waals surface area (Å²) in [7, 11) is 0. The van der Waals surface area contributed by atoms with Gasteiger partial charge in [-0.25, -0.2) is 0 Å². The Hall–Kier alpha value is -0.550. The normalized spacial score (nSPS) is 5.00. The Morgan fingerprint density at radius 2 is 1.67 bits per heavy atom. The lowest BCUT2D eigenvalue weighted by Gasteiger charge is -1.56. The number of halogens is 1. The summed E-state index contributed by atoms with van der Waals surface area (Å²) in [6.07, 6.45) is 0. The lowest BCUT2D eigenvalue weighted by Crippen LogP contribution is -1.81. The van der Waals surface area contributed by atoms with Gasteiger partial charge >= 0.3 is 0 Å². The molecule has 0 aliphatic heterocycles. The summed E-state index contributed by atoms with van der Waals surface area (Å²) in [6.45, 7) is 0. The van der Waals surface area contributed by atoms with Crippen LogP contribution in [-0.2, 0) is 0 Å².